The topological polar surface area (TPSA) is 34.0 Å². The zero-order valence-electron chi connectivity index (χ0n) is 10.9. The molecule has 3 rings (SSSR count). The minimum atomic E-state index is 0.209. The van der Waals surface area contributed by atoms with Gasteiger partial charge in [-0.3, -0.25) is 4.79 Å². The van der Waals surface area contributed by atoms with Gasteiger partial charge in [0.05, 0.1) is 5.52 Å². The average molecular weight is 242 g/mol. The maximum Gasteiger partial charge on any atom is 0.194 e. The van der Waals surface area contributed by atoms with E-state index in [1.807, 2.05) is 6.07 Å². The molecule has 2 aromatic rings. The highest BCUT2D eigenvalue weighted by Crippen LogP contribution is 2.19. The molecule has 0 radical (unpaired) electrons. The van der Waals surface area contributed by atoms with Crippen LogP contribution in [-0.2, 0) is 26.4 Å². The number of rotatable bonds is 1. The molecule has 1 aromatic heterocycles. The van der Waals surface area contributed by atoms with Crippen molar-refractivity contribution >= 4 is 10.9 Å². The number of hydrogen-bond acceptors (Lipinski definition) is 2. The lowest BCUT2D eigenvalue weighted by molar-refractivity contribution is 0.607. The van der Waals surface area contributed by atoms with E-state index in [-0.39, 0.29) is 5.43 Å². The van der Waals surface area contributed by atoms with Crippen LogP contribution in [-0.4, -0.2) is 11.1 Å². The summed E-state index contributed by atoms with van der Waals surface area (Å²) in [6, 6.07) is 6.25. The van der Waals surface area contributed by atoms with Crippen LogP contribution in [0.1, 0.15) is 23.7 Å². The molecule has 2 heterocycles. The van der Waals surface area contributed by atoms with Gasteiger partial charge < -0.3 is 9.88 Å². The minimum absolute atomic E-state index is 0.209. The predicted octanol–water partition coefficient (Wildman–Crippen LogP) is 1.75. The summed E-state index contributed by atoms with van der Waals surface area (Å²) in [6.07, 6.45) is 1.90. The first-order chi connectivity index (χ1) is 8.72. The highest BCUT2D eigenvalue weighted by molar-refractivity contribution is 5.81. The Bertz CT molecular complexity index is 670. The molecule has 94 valence electrons. The highest BCUT2D eigenvalue weighted by atomic mass is 16.1. The second-order valence-corrected chi connectivity index (χ2v) is 4.95. The fraction of sp³-hybridized carbons (Fsp3) is 0.400. The molecule has 3 heteroatoms. The summed E-state index contributed by atoms with van der Waals surface area (Å²) >= 11 is 0. The summed E-state index contributed by atoms with van der Waals surface area (Å²) in [7, 11) is 2.07. The molecule has 0 amide bonds. The molecular weight excluding hydrogens is 224 g/mol. The van der Waals surface area contributed by atoms with Crippen LogP contribution in [0.2, 0.25) is 0 Å². The normalized spacial score (nSPS) is 14.8. The van der Waals surface area contributed by atoms with Crippen molar-refractivity contribution < 1.29 is 0 Å². The summed E-state index contributed by atoms with van der Waals surface area (Å²) < 4.78 is 2.19. The molecule has 0 aliphatic carbocycles. The van der Waals surface area contributed by atoms with Gasteiger partial charge in [-0.1, -0.05) is 13.0 Å². The quantitative estimate of drug-likeness (QED) is 0.826. The Morgan fingerprint density at radius 1 is 1.39 bits per heavy atom. The molecule has 0 spiro atoms. The lowest BCUT2D eigenvalue weighted by Gasteiger charge is -2.22. The van der Waals surface area contributed by atoms with Crippen LogP contribution in [0, 0.1) is 0 Å². The molecule has 1 aromatic carbocycles. The predicted molar refractivity (Wildman–Crippen MR) is 74.0 cm³/mol. The third kappa shape index (κ3) is 1.58. The second kappa shape index (κ2) is 4.25. The van der Waals surface area contributed by atoms with E-state index in [4.69, 9.17) is 0 Å². The van der Waals surface area contributed by atoms with Gasteiger partial charge in [-0.05, 0) is 24.1 Å². The second-order valence-electron chi connectivity index (χ2n) is 4.95. The molecule has 18 heavy (non-hydrogen) atoms. The molecule has 0 unspecified atom stereocenters. The van der Waals surface area contributed by atoms with Crippen LogP contribution >= 0.6 is 0 Å². The Morgan fingerprint density at radius 2 is 2.22 bits per heavy atom. The Labute approximate surface area is 106 Å². The number of aromatic nitrogens is 1. The fourth-order valence-corrected chi connectivity index (χ4v) is 2.84. The Morgan fingerprint density at radius 3 is 3.00 bits per heavy atom. The number of hydrogen-bond donors (Lipinski definition) is 1. The van der Waals surface area contributed by atoms with Crippen LogP contribution < -0.4 is 10.7 Å². The minimum Gasteiger partial charge on any atom is -0.347 e. The first kappa shape index (κ1) is 11.5. The summed E-state index contributed by atoms with van der Waals surface area (Å²) in [5.74, 6) is 0. The molecule has 3 nitrogen and oxygen atoms in total. The standard InChI is InChI=1S/C15H18N2O/c1-3-10-4-5-13-11(8-10)15(18)12-9-16-7-6-14(12)17(13)2/h4-5,8,16H,3,6-7,9H2,1-2H3. The van der Waals surface area contributed by atoms with E-state index >= 15 is 0 Å². The van der Waals surface area contributed by atoms with Gasteiger partial charge in [0.15, 0.2) is 5.43 Å². The van der Waals surface area contributed by atoms with Crippen molar-refractivity contribution in [2.45, 2.75) is 26.3 Å². The van der Waals surface area contributed by atoms with E-state index in [9.17, 15) is 4.79 Å². The van der Waals surface area contributed by atoms with Crippen molar-refractivity contribution in [3.05, 3.63) is 45.2 Å². The first-order valence-corrected chi connectivity index (χ1v) is 6.56. The number of aryl methyl sites for hydroxylation is 2. The number of nitrogens with zero attached hydrogens (tertiary/aromatic N) is 1. The monoisotopic (exact) mass is 242 g/mol. The lowest BCUT2D eigenvalue weighted by atomic mass is 10.0. The first-order valence-electron chi connectivity index (χ1n) is 6.56. The highest BCUT2D eigenvalue weighted by Gasteiger charge is 2.17. The smallest absolute Gasteiger partial charge is 0.194 e. The largest absolute Gasteiger partial charge is 0.347 e. The van der Waals surface area contributed by atoms with E-state index in [0.717, 1.165) is 35.9 Å². The average Bonchev–Trinajstić information content (AvgIpc) is 2.44. The molecular formula is C15H18N2O. The lowest BCUT2D eigenvalue weighted by Crippen LogP contribution is -2.32. The molecule has 0 fully saturated rings. The van der Waals surface area contributed by atoms with Crippen molar-refractivity contribution in [1.29, 1.82) is 0 Å². The van der Waals surface area contributed by atoms with Gasteiger partial charge in [-0.2, -0.15) is 0 Å². The molecule has 0 atom stereocenters. The van der Waals surface area contributed by atoms with Gasteiger partial charge in [0, 0.05) is 43.2 Å². The zero-order valence-corrected chi connectivity index (χ0v) is 10.9. The van der Waals surface area contributed by atoms with Gasteiger partial charge in [0.1, 0.15) is 0 Å². The number of fused-ring (bicyclic) bond motifs is 2. The fourth-order valence-electron chi connectivity index (χ4n) is 2.84. The Hall–Kier alpha value is -1.61. The van der Waals surface area contributed by atoms with E-state index < -0.39 is 0 Å². The molecule has 0 bridgehead atoms. The summed E-state index contributed by atoms with van der Waals surface area (Å²) in [5, 5.41) is 4.15. The number of nitrogens with one attached hydrogen (secondary N) is 1. The molecule has 0 saturated heterocycles. The van der Waals surface area contributed by atoms with Crippen LogP contribution in [0.3, 0.4) is 0 Å². The van der Waals surface area contributed by atoms with Crippen molar-refractivity contribution in [3.63, 3.8) is 0 Å². The van der Waals surface area contributed by atoms with Gasteiger partial charge in [-0.25, -0.2) is 0 Å². The van der Waals surface area contributed by atoms with Crippen molar-refractivity contribution in [3.8, 4) is 0 Å². The summed E-state index contributed by atoms with van der Waals surface area (Å²) in [4.78, 5) is 12.5. The molecule has 1 N–H and O–H groups in total. The van der Waals surface area contributed by atoms with E-state index in [1.165, 1.54) is 11.3 Å². The van der Waals surface area contributed by atoms with Gasteiger partial charge in [0.2, 0.25) is 0 Å². The van der Waals surface area contributed by atoms with Crippen LogP contribution in [0.5, 0.6) is 0 Å². The van der Waals surface area contributed by atoms with Crippen molar-refractivity contribution in [2.24, 2.45) is 7.05 Å². The molecule has 0 saturated carbocycles. The SMILES string of the molecule is CCc1ccc2c(c1)c(=O)c1c(n2C)CCNC1. The van der Waals surface area contributed by atoms with Crippen molar-refractivity contribution in [1.82, 2.24) is 9.88 Å². The van der Waals surface area contributed by atoms with Gasteiger partial charge in [0.25, 0.3) is 0 Å². The Kier molecular flexibility index (Phi) is 2.71. The van der Waals surface area contributed by atoms with Crippen LogP contribution in [0.15, 0.2) is 23.0 Å². The van der Waals surface area contributed by atoms with E-state index in [1.54, 1.807) is 0 Å². The van der Waals surface area contributed by atoms with Gasteiger partial charge >= 0.3 is 0 Å². The maximum atomic E-state index is 12.5. The summed E-state index contributed by atoms with van der Waals surface area (Å²) in [6.45, 7) is 3.78. The van der Waals surface area contributed by atoms with E-state index in [0.29, 0.717) is 6.54 Å². The van der Waals surface area contributed by atoms with Gasteiger partial charge in [-0.15, -0.1) is 0 Å². The third-order valence-corrected chi connectivity index (χ3v) is 3.94. The van der Waals surface area contributed by atoms with Crippen LogP contribution in [0.25, 0.3) is 10.9 Å². The third-order valence-electron chi connectivity index (χ3n) is 3.94. The van der Waals surface area contributed by atoms with Crippen molar-refractivity contribution in [2.75, 3.05) is 6.54 Å². The Balaban J connectivity index is 2.40. The maximum absolute atomic E-state index is 12.5. The van der Waals surface area contributed by atoms with Crippen LogP contribution in [0.4, 0.5) is 0 Å². The molecule has 1 aliphatic rings. The molecule has 1 aliphatic heterocycles. The number of pyridine rings is 1. The summed E-state index contributed by atoms with van der Waals surface area (Å²) in [5.41, 5.74) is 4.63. The number of benzene rings is 1. The van der Waals surface area contributed by atoms with E-state index in [2.05, 4.69) is 36.0 Å². The zero-order chi connectivity index (χ0) is 12.7.